The Labute approximate surface area is 202 Å². The van der Waals surface area contributed by atoms with Crippen LogP contribution in [0.25, 0.3) is 22.2 Å². The van der Waals surface area contributed by atoms with Crippen LogP contribution in [-0.4, -0.2) is 43.1 Å². The standard InChI is InChI=1S/C27H24N2O6/c1-29-20-12-8-7-11-19(20)24(25(29)17-9-5-4-6-10-17)26(31)27(32)28-18-13-14-21(22(15-18)33-2)35-16-23(30)34-3/h4-15H,16H2,1-3H3,(H,28,32). The van der Waals surface area contributed by atoms with E-state index in [4.69, 9.17) is 9.47 Å². The molecule has 0 saturated carbocycles. The van der Waals surface area contributed by atoms with E-state index in [2.05, 4.69) is 10.1 Å². The van der Waals surface area contributed by atoms with Crippen LogP contribution in [0.15, 0.2) is 72.8 Å². The molecule has 1 N–H and O–H groups in total. The molecule has 4 aromatic rings. The van der Waals surface area contributed by atoms with Gasteiger partial charge in [-0.3, -0.25) is 9.59 Å². The highest BCUT2D eigenvalue weighted by molar-refractivity contribution is 6.49. The Bertz CT molecular complexity index is 1410. The van der Waals surface area contributed by atoms with Crippen LogP contribution in [0.3, 0.4) is 0 Å². The summed E-state index contributed by atoms with van der Waals surface area (Å²) in [5.74, 6) is -1.41. The second-order valence-corrected chi connectivity index (χ2v) is 7.68. The maximum atomic E-state index is 13.5. The first-order chi connectivity index (χ1) is 16.9. The Balaban J connectivity index is 1.65. The van der Waals surface area contributed by atoms with E-state index < -0.39 is 17.7 Å². The van der Waals surface area contributed by atoms with Crippen LogP contribution in [0.5, 0.6) is 11.5 Å². The third-order valence-corrected chi connectivity index (χ3v) is 5.58. The number of hydrogen-bond donors (Lipinski definition) is 1. The van der Waals surface area contributed by atoms with E-state index in [1.165, 1.54) is 26.4 Å². The van der Waals surface area contributed by atoms with Gasteiger partial charge in [0.05, 0.1) is 25.5 Å². The zero-order chi connectivity index (χ0) is 24.9. The lowest BCUT2D eigenvalue weighted by Gasteiger charge is -2.12. The average molecular weight is 472 g/mol. The van der Waals surface area contributed by atoms with Gasteiger partial charge in [-0.1, -0.05) is 48.5 Å². The summed E-state index contributed by atoms with van der Waals surface area (Å²) in [6.07, 6.45) is 0. The maximum Gasteiger partial charge on any atom is 0.343 e. The molecule has 0 spiro atoms. The van der Waals surface area contributed by atoms with Crippen molar-refractivity contribution in [1.82, 2.24) is 4.57 Å². The van der Waals surface area contributed by atoms with Gasteiger partial charge in [0.15, 0.2) is 18.1 Å². The summed E-state index contributed by atoms with van der Waals surface area (Å²) in [7, 11) is 4.56. The molecule has 8 heteroatoms. The number of carbonyl (C=O) groups is 3. The van der Waals surface area contributed by atoms with Crippen molar-refractivity contribution in [3.05, 3.63) is 78.4 Å². The topological polar surface area (TPSA) is 95.9 Å². The SMILES string of the molecule is COC(=O)COc1ccc(NC(=O)C(=O)c2c(-c3ccccc3)n(C)c3ccccc23)cc1OC. The van der Waals surface area contributed by atoms with Crippen LogP contribution in [0.2, 0.25) is 0 Å². The molecular weight excluding hydrogens is 448 g/mol. The van der Waals surface area contributed by atoms with Crippen LogP contribution in [0, 0.1) is 0 Å². The van der Waals surface area contributed by atoms with Crippen molar-refractivity contribution >= 4 is 34.3 Å². The normalized spacial score (nSPS) is 10.6. The molecule has 4 rings (SSSR count). The molecule has 3 aromatic carbocycles. The van der Waals surface area contributed by atoms with Crippen LogP contribution in [-0.2, 0) is 21.4 Å². The highest BCUT2D eigenvalue weighted by atomic mass is 16.6. The van der Waals surface area contributed by atoms with E-state index in [0.717, 1.165) is 11.1 Å². The van der Waals surface area contributed by atoms with Crippen LogP contribution >= 0.6 is 0 Å². The molecule has 0 saturated heterocycles. The number of nitrogens with one attached hydrogen (secondary N) is 1. The predicted molar refractivity (Wildman–Crippen MR) is 132 cm³/mol. The first kappa shape index (κ1) is 23.6. The van der Waals surface area contributed by atoms with Gasteiger partial charge in [-0.2, -0.15) is 0 Å². The van der Waals surface area contributed by atoms with Crippen LogP contribution < -0.4 is 14.8 Å². The number of Topliss-reactive ketones (excluding diaryl/α,β-unsaturated/α-hetero) is 1. The number of para-hydroxylation sites is 1. The molecule has 35 heavy (non-hydrogen) atoms. The summed E-state index contributed by atoms with van der Waals surface area (Å²) in [6, 6.07) is 21.6. The molecule has 1 heterocycles. The summed E-state index contributed by atoms with van der Waals surface area (Å²) in [5, 5.41) is 3.34. The molecule has 0 unspecified atom stereocenters. The number of carbonyl (C=O) groups excluding carboxylic acids is 3. The minimum Gasteiger partial charge on any atom is -0.493 e. The van der Waals surface area contributed by atoms with Crippen molar-refractivity contribution in [2.75, 3.05) is 26.1 Å². The van der Waals surface area contributed by atoms with Crippen molar-refractivity contribution in [3.63, 3.8) is 0 Å². The monoisotopic (exact) mass is 472 g/mol. The first-order valence-corrected chi connectivity index (χ1v) is 10.8. The fourth-order valence-electron chi connectivity index (χ4n) is 3.92. The molecule has 1 aromatic heterocycles. The van der Waals surface area contributed by atoms with Gasteiger partial charge in [-0.15, -0.1) is 0 Å². The van der Waals surface area contributed by atoms with Crippen molar-refractivity contribution in [2.45, 2.75) is 0 Å². The number of nitrogens with zero attached hydrogens (tertiary/aromatic N) is 1. The summed E-state index contributed by atoms with van der Waals surface area (Å²) >= 11 is 0. The average Bonchev–Trinajstić information content (AvgIpc) is 3.19. The lowest BCUT2D eigenvalue weighted by atomic mass is 10.0. The highest BCUT2D eigenvalue weighted by Gasteiger charge is 2.27. The van der Waals surface area contributed by atoms with E-state index in [1.54, 1.807) is 6.07 Å². The predicted octanol–water partition coefficient (Wildman–Crippen LogP) is 4.23. The Morgan fingerprint density at radius 3 is 2.31 bits per heavy atom. The van der Waals surface area contributed by atoms with Crippen LogP contribution in [0.1, 0.15) is 10.4 Å². The largest absolute Gasteiger partial charge is 0.493 e. The zero-order valence-electron chi connectivity index (χ0n) is 19.5. The minimum atomic E-state index is -0.788. The number of methoxy groups -OCH3 is 2. The summed E-state index contributed by atoms with van der Waals surface area (Å²) in [4.78, 5) is 37.9. The smallest absolute Gasteiger partial charge is 0.343 e. The maximum absolute atomic E-state index is 13.5. The molecule has 0 radical (unpaired) electrons. The Hall–Kier alpha value is -4.59. The van der Waals surface area contributed by atoms with Gasteiger partial charge < -0.3 is 24.1 Å². The number of anilines is 1. The molecule has 178 valence electrons. The quantitative estimate of drug-likeness (QED) is 0.234. The van der Waals surface area contributed by atoms with E-state index in [9.17, 15) is 14.4 Å². The number of aryl methyl sites for hydroxylation is 1. The molecule has 0 fully saturated rings. The van der Waals surface area contributed by atoms with E-state index in [-0.39, 0.29) is 12.4 Å². The molecule has 8 nitrogen and oxygen atoms in total. The van der Waals surface area contributed by atoms with E-state index in [0.29, 0.717) is 28.1 Å². The number of amides is 1. The number of esters is 1. The molecule has 0 aliphatic rings. The highest BCUT2D eigenvalue weighted by Crippen LogP contribution is 2.34. The molecule has 1 amide bonds. The summed E-state index contributed by atoms with van der Waals surface area (Å²) in [6.45, 7) is -0.291. The fourth-order valence-corrected chi connectivity index (χ4v) is 3.92. The van der Waals surface area contributed by atoms with Crippen LogP contribution in [0.4, 0.5) is 5.69 Å². The van der Waals surface area contributed by atoms with Crippen molar-refractivity contribution in [1.29, 1.82) is 0 Å². The van der Waals surface area contributed by atoms with Crippen molar-refractivity contribution < 1.29 is 28.6 Å². The second-order valence-electron chi connectivity index (χ2n) is 7.68. The van der Waals surface area contributed by atoms with Crippen molar-refractivity contribution in [2.24, 2.45) is 7.05 Å². The third kappa shape index (κ3) is 4.72. The number of fused-ring (bicyclic) bond motifs is 1. The number of ether oxygens (including phenoxy) is 3. The van der Waals surface area contributed by atoms with E-state index >= 15 is 0 Å². The zero-order valence-corrected chi connectivity index (χ0v) is 19.5. The minimum absolute atomic E-state index is 0.286. The van der Waals surface area contributed by atoms with Gasteiger partial charge in [0.25, 0.3) is 11.7 Å². The Morgan fingerprint density at radius 2 is 1.60 bits per heavy atom. The van der Waals surface area contributed by atoms with Gasteiger partial charge in [0.1, 0.15) is 0 Å². The summed E-state index contributed by atoms with van der Waals surface area (Å²) in [5.41, 5.74) is 3.01. The van der Waals surface area contributed by atoms with Gasteiger partial charge in [0, 0.05) is 29.7 Å². The molecule has 0 aliphatic carbocycles. The number of aromatic nitrogens is 1. The van der Waals surface area contributed by atoms with Gasteiger partial charge >= 0.3 is 5.97 Å². The Morgan fingerprint density at radius 1 is 0.886 bits per heavy atom. The number of benzene rings is 3. The molecule has 0 atom stereocenters. The van der Waals surface area contributed by atoms with Gasteiger partial charge in [0.2, 0.25) is 0 Å². The summed E-state index contributed by atoms with van der Waals surface area (Å²) < 4.78 is 17.2. The lowest BCUT2D eigenvalue weighted by molar-refractivity contribution is -0.142. The number of hydrogen-bond acceptors (Lipinski definition) is 6. The molecule has 0 aliphatic heterocycles. The lowest BCUT2D eigenvalue weighted by Crippen LogP contribution is -2.23. The molecule has 0 bridgehead atoms. The first-order valence-electron chi connectivity index (χ1n) is 10.8. The fraction of sp³-hybridized carbons (Fsp3) is 0.148. The molecular formula is C27H24N2O6. The third-order valence-electron chi connectivity index (χ3n) is 5.58. The number of ketones is 1. The van der Waals surface area contributed by atoms with Crippen molar-refractivity contribution in [3.8, 4) is 22.8 Å². The van der Waals surface area contributed by atoms with Gasteiger partial charge in [-0.05, 0) is 23.8 Å². The Kier molecular flexibility index (Phi) is 6.82. The second kappa shape index (κ2) is 10.1. The number of rotatable bonds is 8. The van der Waals surface area contributed by atoms with E-state index in [1.807, 2.05) is 66.2 Å². The van der Waals surface area contributed by atoms with Gasteiger partial charge in [-0.25, -0.2) is 4.79 Å².